The zero-order valence-electron chi connectivity index (χ0n) is 12.3. The number of benzene rings is 1. The molecule has 0 aliphatic rings. The van der Waals surface area contributed by atoms with Crippen LogP contribution in [0.1, 0.15) is 36.2 Å². The molecule has 1 aromatic carbocycles. The number of nitrogens with zero attached hydrogens (tertiary/aromatic N) is 1. The first kappa shape index (κ1) is 16.7. The molecular weight excluding hydrogens is 274 g/mol. The summed E-state index contributed by atoms with van der Waals surface area (Å²) in [5, 5.41) is 11.1. The van der Waals surface area contributed by atoms with Gasteiger partial charge in [-0.25, -0.2) is 4.79 Å². The Labute approximate surface area is 123 Å². The Bertz CT molecular complexity index is 539. The predicted molar refractivity (Wildman–Crippen MR) is 78.1 cm³/mol. The molecule has 0 saturated carbocycles. The van der Waals surface area contributed by atoms with Gasteiger partial charge in [0.05, 0.1) is 29.5 Å². The number of nitro benzene ring substituents is 1. The van der Waals surface area contributed by atoms with E-state index in [1.54, 1.807) is 13.0 Å². The molecule has 0 heterocycles. The minimum Gasteiger partial charge on any atom is -0.499 e. The SMILES string of the molecule is C=C(CCc1ccc(C(=O)OCC)cc1[N+](=O)[O-])OCC. The molecule has 21 heavy (non-hydrogen) atoms. The van der Waals surface area contributed by atoms with Crippen molar-refractivity contribution in [3.8, 4) is 0 Å². The molecule has 0 aliphatic heterocycles. The summed E-state index contributed by atoms with van der Waals surface area (Å²) < 4.78 is 10.1. The van der Waals surface area contributed by atoms with Gasteiger partial charge in [-0.3, -0.25) is 10.1 Å². The molecule has 0 fully saturated rings. The Balaban J connectivity index is 2.92. The van der Waals surface area contributed by atoms with Gasteiger partial charge in [-0.1, -0.05) is 12.6 Å². The summed E-state index contributed by atoms with van der Waals surface area (Å²) in [6.07, 6.45) is 0.922. The minimum atomic E-state index is -0.564. The Hall–Kier alpha value is -2.37. The normalized spacial score (nSPS) is 10.0. The molecule has 0 bridgehead atoms. The van der Waals surface area contributed by atoms with E-state index in [0.717, 1.165) is 0 Å². The second kappa shape index (κ2) is 8.04. The fourth-order valence-electron chi connectivity index (χ4n) is 1.84. The van der Waals surface area contributed by atoms with Crippen LogP contribution < -0.4 is 0 Å². The van der Waals surface area contributed by atoms with Gasteiger partial charge in [0.25, 0.3) is 5.69 Å². The first-order chi connectivity index (χ1) is 9.99. The van der Waals surface area contributed by atoms with Crippen LogP contribution in [0.25, 0.3) is 0 Å². The van der Waals surface area contributed by atoms with Crippen LogP contribution in [0.2, 0.25) is 0 Å². The van der Waals surface area contributed by atoms with E-state index in [0.29, 0.717) is 30.8 Å². The van der Waals surface area contributed by atoms with Crippen molar-refractivity contribution in [3.05, 3.63) is 51.8 Å². The Morgan fingerprint density at radius 1 is 1.29 bits per heavy atom. The van der Waals surface area contributed by atoms with Crippen LogP contribution in [0.15, 0.2) is 30.5 Å². The van der Waals surface area contributed by atoms with E-state index in [2.05, 4.69) is 6.58 Å². The van der Waals surface area contributed by atoms with Crippen molar-refractivity contribution in [2.45, 2.75) is 26.7 Å². The number of carbonyl (C=O) groups excluding carboxylic acids is 1. The van der Waals surface area contributed by atoms with Crippen molar-refractivity contribution >= 4 is 11.7 Å². The molecule has 0 saturated heterocycles. The number of nitro groups is 1. The molecule has 0 aliphatic carbocycles. The van der Waals surface area contributed by atoms with E-state index < -0.39 is 10.9 Å². The van der Waals surface area contributed by atoms with Crippen molar-refractivity contribution in [3.63, 3.8) is 0 Å². The van der Waals surface area contributed by atoms with Gasteiger partial charge < -0.3 is 9.47 Å². The summed E-state index contributed by atoms with van der Waals surface area (Å²) in [4.78, 5) is 22.2. The lowest BCUT2D eigenvalue weighted by Gasteiger charge is -2.08. The van der Waals surface area contributed by atoms with Crippen LogP contribution in [0, 0.1) is 10.1 Å². The largest absolute Gasteiger partial charge is 0.499 e. The third-order valence-corrected chi connectivity index (χ3v) is 2.81. The fourth-order valence-corrected chi connectivity index (χ4v) is 1.84. The van der Waals surface area contributed by atoms with Gasteiger partial charge >= 0.3 is 5.97 Å². The number of carbonyl (C=O) groups is 1. The zero-order chi connectivity index (χ0) is 15.8. The van der Waals surface area contributed by atoms with E-state index in [-0.39, 0.29) is 17.9 Å². The van der Waals surface area contributed by atoms with Crippen LogP contribution in [-0.2, 0) is 15.9 Å². The first-order valence-corrected chi connectivity index (χ1v) is 6.74. The highest BCUT2D eigenvalue weighted by molar-refractivity contribution is 5.90. The van der Waals surface area contributed by atoms with Crippen LogP contribution >= 0.6 is 0 Å². The smallest absolute Gasteiger partial charge is 0.338 e. The summed E-state index contributed by atoms with van der Waals surface area (Å²) in [7, 11) is 0. The number of hydrogen-bond donors (Lipinski definition) is 0. The van der Waals surface area contributed by atoms with Gasteiger partial charge in [0, 0.05) is 18.1 Å². The lowest BCUT2D eigenvalue weighted by atomic mass is 10.0. The van der Waals surface area contributed by atoms with Crippen molar-refractivity contribution < 1.29 is 19.2 Å². The van der Waals surface area contributed by atoms with E-state index in [1.807, 2.05) is 6.92 Å². The van der Waals surface area contributed by atoms with Crippen LogP contribution in [0.5, 0.6) is 0 Å². The summed E-state index contributed by atoms with van der Waals surface area (Å²) >= 11 is 0. The molecule has 1 aromatic rings. The van der Waals surface area contributed by atoms with Crippen LogP contribution in [0.3, 0.4) is 0 Å². The number of rotatable bonds is 8. The molecule has 6 heteroatoms. The predicted octanol–water partition coefficient (Wildman–Crippen LogP) is 3.25. The molecule has 6 nitrogen and oxygen atoms in total. The highest BCUT2D eigenvalue weighted by Crippen LogP contribution is 2.23. The molecule has 0 N–H and O–H groups in total. The molecule has 0 atom stereocenters. The van der Waals surface area contributed by atoms with Crippen molar-refractivity contribution in [1.29, 1.82) is 0 Å². The molecule has 114 valence electrons. The molecule has 0 radical (unpaired) electrons. The lowest BCUT2D eigenvalue weighted by molar-refractivity contribution is -0.385. The quantitative estimate of drug-likeness (QED) is 0.318. The molecule has 0 spiro atoms. The monoisotopic (exact) mass is 293 g/mol. The third kappa shape index (κ3) is 4.91. The third-order valence-electron chi connectivity index (χ3n) is 2.81. The number of aryl methyl sites for hydroxylation is 1. The number of hydrogen-bond acceptors (Lipinski definition) is 5. The van der Waals surface area contributed by atoms with E-state index in [1.165, 1.54) is 12.1 Å². The second-order valence-corrected chi connectivity index (χ2v) is 4.29. The lowest BCUT2D eigenvalue weighted by Crippen LogP contribution is -2.06. The second-order valence-electron chi connectivity index (χ2n) is 4.29. The first-order valence-electron chi connectivity index (χ1n) is 6.74. The van der Waals surface area contributed by atoms with E-state index in [4.69, 9.17) is 9.47 Å². The average Bonchev–Trinajstić information content (AvgIpc) is 2.45. The van der Waals surface area contributed by atoms with Crippen LogP contribution in [0.4, 0.5) is 5.69 Å². The van der Waals surface area contributed by atoms with Gasteiger partial charge in [0.2, 0.25) is 0 Å². The van der Waals surface area contributed by atoms with Crippen LogP contribution in [-0.4, -0.2) is 24.1 Å². The maximum Gasteiger partial charge on any atom is 0.338 e. The average molecular weight is 293 g/mol. The van der Waals surface area contributed by atoms with Gasteiger partial charge in [-0.05, 0) is 26.3 Å². The van der Waals surface area contributed by atoms with Gasteiger partial charge in [-0.2, -0.15) is 0 Å². The van der Waals surface area contributed by atoms with E-state index >= 15 is 0 Å². The minimum absolute atomic E-state index is 0.0927. The summed E-state index contributed by atoms with van der Waals surface area (Å²) in [6.45, 7) is 8.01. The standard InChI is InChI=1S/C15H19NO5/c1-4-20-11(3)6-7-12-8-9-13(15(17)21-5-2)10-14(12)16(18)19/h8-10H,3-7H2,1-2H3. The molecule has 0 amide bonds. The topological polar surface area (TPSA) is 78.7 Å². The highest BCUT2D eigenvalue weighted by Gasteiger charge is 2.18. The fraction of sp³-hybridized carbons (Fsp3) is 0.400. The maximum absolute atomic E-state index is 11.6. The van der Waals surface area contributed by atoms with Crippen molar-refractivity contribution in [2.24, 2.45) is 0 Å². The number of ether oxygens (including phenoxy) is 2. The van der Waals surface area contributed by atoms with Crippen molar-refractivity contribution in [1.82, 2.24) is 0 Å². The van der Waals surface area contributed by atoms with Crippen molar-refractivity contribution in [2.75, 3.05) is 13.2 Å². The summed E-state index contributed by atoms with van der Waals surface area (Å²) in [5.74, 6) is 0.0205. The summed E-state index contributed by atoms with van der Waals surface area (Å²) in [5.41, 5.74) is 0.620. The zero-order valence-corrected chi connectivity index (χ0v) is 12.3. The number of esters is 1. The molecule has 0 aromatic heterocycles. The van der Waals surface area contributed by atoms with E-state index in [9.17, 15) is 14.9 Å². The van der Waals surface area contributed by atoms with Gasteiger partial charge in [-0.15, -0.1) is 0 Å². The molecule has 1 rings (SSSR count). The molecular formula is C15H19NO5. The van der Waals surface area contributed by atoms with Gasteiger partial charge in [0.1, 0.15) is 0 Å². The maximum atomic E-state index is 11.6. The van der Waals surface area contributed by atoms with Gasteiger partial charge in [0.15, 0.2) is 0 Å². The Morgan fingerprint density at radius 2 is 1.95 bits per heavy atom. The molecule has 0 unspecified atom stereocenters. The summed E-state index contributed by atoms with van der Waals surface area (Å²) in [6, 6.07) is 4.35. The Kier molecular flexibility index (Phi) is 6.39. The number of allylic oxidation sites excluding steroid dienone is 1. The highest BCUT2D eigenvalue weighted by atomic mass is 16.6. The Morgan fingerprint density at radius 3 is 2.52 bits per heavy atom.